The van der Waals surface area contributed by atoms with Crippen LogP contribution in [0.1, 0.15) is 29.8 Å². The molecule has 1 saturated carbocycles. The molecule has 1 aromatic carbocycles. The van der Waals surface area contributed by atoms with E-state index in [0.29, 0.717) is 5.69 Å². The number of carbonyl (C=O) groups is 1. The van der Waals surface area contributed by atoms with Gasteiger partial charge in [-0.15, -0.1) is 0 Å². The van der Waals surface area contributed by atoms with E-state index in [1.807, 2.05) is 30.3 Å². The molecule has 4 heteroatoms. The van der Waals surface area contributed by atoms with Crippen LogP contribution in [0.5, 0.6) is 0 Å². The maximum atomic E-state index is 12.5. The van der Waals surface area contributed by atoms with Gasteiger partial charge in [0.15, 0.2) is 5.78 Å². The summed E-state index contributed by atoms with van der Waals surface area (Å²) in [6, 6.07) is 11.7. The van der Waals surface area contributed by atoms with Crippen molar-refractivity contribution < 1.29 is 4.79 Å². The van der Waals surface area contributed by atoms with Gasteiger partial charge in [0.2, 0.25) is 0 Å². The first kappa shape index (κ1) is 12.1. The van der Waals surface area contributed by atoms with E-state index < -0.39 is 0 Å². The van der Waals surface area contributed by atoms with E-state index in [9.17, 15) is 4.79 Å². The second-order valence-electron chi connectivity index (χ2n) is 5.10. The molecule has 19 heavy (non-hydrogen) atoms. The number of nitrogens with two attached hydrogens (primary N) is 1. The number of carbonyl (C=O) groups excluding carboxylic acids is 1. The van der Waals surface area contributed by atoms with Crippen molar-refractivity contribution in [1.82, 2.24) is 9.78 Å². The van der Waals surface area contributed by atoms with Crippen LogP contribution in [0.2, 0.25) is 0 Å². The summed E-state index contributed by atoms with van der Waals surface area (Å²) in [4.78, 5) is 12.5. The van der Waals surface area contributed by atoms with Crippen LogP contribution in [0.3, 0.4) is 0 Å². The molecule has 4 nitrogen and oxygen atoms in total. The molecule has 0 aliphatic heterocycles. The van der Waals surface area contributed by atoms with Gasteiger partial charge >= 0.3 is 0 Å². The number of hydrogen-bond donors (Lipinski definition) is 1. The van der Waals surface area contributed by atoms with E-state index >= 15 is 0 Å². The van der Waals surface area contributed by atoms with Crippen LogP contribution in [0.15, 0.2) is 42.6 Å². The Balaban J connectivity index is 1.90. The lowest BCUT2D eigenvalue weighted by Gasteiger charge is -2.10. The minimum absolute atomic E-state index is 0.0502. The third kappa shape index (κ3) is 2.31. The fraction of sp³-hybridized carbons (Fsp3) is 0.333. The fourth-order valence-electron chi connectivity index (χ4n) is 2.73. The van der Waals surface area contributed by atoms with Crippen LogP contribution < -0.4 is 5.73 Å². The smallest absolute Gasteiger partial charge is 0.184 e. The molecule has 1 aromatic heterocycles. The van der Waals surface area contributed by atoms with Crippen LogP contribution in [-0.2, 0) is 0 Å². The van der Waals surface area contributed by atoms with E-state index in [-0.39, 0.29) is 17.7 Å². The zero-order valence-corrected chi connectivity index (χ0v) is 10.7. The number of para-hydroxylation sites is 1. The largest absolute Gasteiger partial charge is 0.328 e. The van der Waals surface area contributed by atoms with Gasteiger partial charge in [0.25, 0.3) is 0 Å². The van der Waals surface area contributed by atoms with E-state index in [1.54, 1.807) is 16.9 Å². The van der Waals surface area contributed by atoms with Gasteiger partial charge in [-0.05, 0) is 37.5 Å². The van der Waals surface area contributed by atoms with Crippen molar-refractivity contribution in [3.8, 4) is 5.69 Å². The Labute approximate surface area is 112 Å². The molecule has 0 radical (unpaired) electrons. The van der Waals surface area contributed by atoms with Gasteiger partial charge in [-0.3, -0.25) is 4.79 Å². The molecule has 1 fully saturated rings. The van der Waals surface area contributed by atoms with E-state index in [0.717, 1.165) is 24.9 Å². The summed E-state index contributed by atoms with van der Waals surface area (Å²) in [6.07, 6.45) is 4.30. The Morgan fingerprint density at radius 3 is 2.68 bits per heavy atom. The summed E-state index contributed by atoms with van der Waals surface area (Å²) >= 11 is 0. The highest BCUT2D eigenvalue weighted by atomic mass is 16.1. The average Bonchev–Trinajstić information content (AvgIpc) is 3.07. The maximum absolute atomic E-state index is 12.5. The third-order valence-electron chi connectivity index (χ3n) is 3.74. The molecule has 3 rings (SSSR count). The molecule has 98 valence electrons. The predicted molar refractivity (Wildman–Crippen MR) is 73.2 cm³/mol. The van der Waals surface area contributed by atoms with Gasteiger partial charge in [-0.25, -0.2) is 4.68 Å². The molecular formula is C15H17N3O. The van der Waals surface area contributed by atoms with Crippen LogP contribution >= 0.6 is 0 Å². The minimum atomic E-state index is 0.0502. The molecule has 1 heterocycles. The van der Waals surface area contributed by atoms with Crippen molar-refractivity contribution in [2.45, 2.75) is 25.3 Å². The van der Waals surface area contributed by atoms with E-state index in [4.69, 9.17) is 5.73 Å². The van der Waals surface area contributed by atoms with Gasteiger partial charge in [0.05, 0.1) is 11.9 Å². The van der Waals surface area contributed by atoms with Crippen LogP contribution in [0.25, 0.3) is 5.69 Å². The Morgan fingerprint density at radius 2 is 2.00 bits per heavy atom. The van der Waals surface area contributed by atoms with Crippen molar-refractivity contribution in [1.29, 1.82) is 0 Å². The summed E-state index contributed by atoms with van der Waals surface area (Å²) < 4.78 is 1.71. The highest BCUT2D eigenvalue weighted by Crippen LogP contribution is 2.28. The highest BCUT2D eigenvalue weighted by molar-refractivity contribution is 5.97. The van der Waals surface area contributed by atoms with Gasteiger partial charge in [0, 0.05) is 12.0 Å². The number of hydrogen-bond acceptors (Lipinski definition) is 3. The average molecular weight is 255 g/mol. The van der Waals surface area contributed by atoms with Crippen molar-refractivity contribution in [3.63, 3.8) is 0 Å². The van der Waals surface area contributed by atoms with Gasteiger partial charge < -0.3 is 5.73 Å². The molecule has 0 amide bonds. The molecule has 0 bridgehead atoms. The zero-order chi connectivity index (χ0) is 13.2. The quantitative estimate of drug-likeness (QED) is 0.855. The first-order valence-electron chi connectivity index (χ1n) is 6.65. The molecule has 0 spiro atoms. The highest BCUT2D eigenvalue weighted by Gasteiger charge is 2.30. The van der Waals surface area contributed by atoms with Crippen LogP contribution in [-0.4, -0.2) is 21.6 Å². The van der Waals surface area contributed by atoms with Gasteiger partial charge in [-0.1, -0.05) is 18.2 Å². The maximum Gasteiger partial charge on any atom is 0.184 e. The number of ketones is 1. The number of Topliss-reactive ketones (excluding diaryl/α,β-unsaturated/α-hetero) is 1. The first-order valence-corrected chi connectivity index (χ1v) is 6.65. The summed E-state index contributed by atoms with van der Waals surface area (Å²) in [5.74, 6) is 0.212. The monoisotopic (exact) mass is 255 g/mol. The first-order chi connectivity index (χ1) is 9.25. The predicted octanol–water partition coefficient (Wildman–Crippen LogP) is 2.18. The number of rotatable bonds is 3. The normalized spacial score (nSPS) is 22.6. The molecular weight excluding hydrogens is 238 g/mol. The third-order valence-corrected chi connectivity index (χ3v) is 3.74. The molecule has 2 unspecified atom stereocenters. The van der Waals surface area contributed by atoms with Crippen LogP contribution in [0, 0.1) is 5.92 Å². The SMILES string of the molecule is NC1CCC(C(=O)c2ccnn2-c2ccccc2)C1. The number of nitrogens with zero attached hydrogens (tertiary/aromatic N) is 2. The van der Waals surface area contributed by atoms with Crippen molar-refractivity contribution >= 4 is 5.78 Å². The summed E-state index contributed by atoms with van der Waals surface area (Å²) in [5.41, 5.74) is 7.46. The molecule has 0 saturated heterocycles. The van der Waals surface area contributed by atoms with Gasteiger partial charge in [0.1, 0.15) is 5.69 Å². The Morgan fingerprint density at radius 1 is 1.21 bits per heavy atom. The number of benzene rings is 1. The second kappa shape index (κ2) is 4.97. The second-order valence-corrected chi connectivity index (χ2v) is 5.10. The lowest BCUT2D eigenvalue weighted by molar-refractivity contribution is 0.0914. The van der Waals surface area contributed by atoms with Crippen LogP contribution in [0.4, 0.5) is 0 Å². The molecule has 1 aliphatic rings. The van der Waals surface area contributed by atoms with E-state index in [1.165, 1.54) is 0 Å². The molecule has 1 aliphatic carbocycles. The summed E-state index contributed by atoms with van der Waals surface area (Å²) in [6.45, 7) is 0. The number of aromatic nitrogens is 2. The fourth-order valence-corrected chi connectivity index (χ4v) is 2.73. The van der Waals surface area contributed by atoms with Crippen molar-refractivity contribution in [3.05, 3.63) is 48.3 Å². The lowest BCUT2D eigenvalue weighted by Crippen LogP contribution is -2.20. The lowest BCUT2D eigenvalue weighted by atomic mass is 10.00. The van der Waals surface area contributed by atoms with Gasteiger partial charge in [-0.2, -0.15) is 5.10 Å². The van der Waals surface area contributed by atoms with Crippen molar-refractivity contribution in [2.24, 2.45) is 11.7 Å². The minimum Gasteiger partial charge on any atom is -0.328 e. The standard InChI is InChI=1S/C15H17N3O/c16-12-7-6-11(10-12)15(19)14-8-9-17-18(14)13-4-2-1-3-5-13/h1-5,8-9,11-12H,6-7,10,16H2. The Bertz CT molecular complexity index is 576. The molecule has 2 atom stereocenters. The topological polar surface area (TPSA) is 60.9 Å². The summed E-state index contributed by atoms with van der Waals surface area (Å²) in [7, 11) is 0. The summed E-state index contributed by atoms with van der Waals surface area (Å²) in [5, 5.41) is 4.26. The molecule has 2 N–H and O–H groups in total. The van der Waals surface area contributed by atoms with E-state index in [2.05, 4.69) is 5.10 Å². The molecule has 2 aromatic rings. The zero-order valence-electron chi connectivity index (χ0n) is 10.7. The van der Waals surface area contributed by atoms with Crippen molar-refractivity contribution in [2.75, 3.05) is 0 Å². The Hall–Kier alpha value is -1.94. The Kier molecular flexibility index (Phi) is 3.17.